The molecule has 4 aromatic heterocycles. The van der Waals surface area contributed by atoms with Gasteiger partial charge in [-0.1, -0.05) is 0 Å². The summed E-state index contributed by atoms with van der Waals surface area (Å²) >= 11 is 1.43. The number of halogens is 2. The minimum Gasteiger partial charge on any atom is -0.381 e. The number of aromatic nitrogens is 4. The molecule has 0 spiro atoms. The van der Waals surface area contributed by atoms with Crippen molar-refractivity contribution in [2.24, 2.45) is 0 Å². The predicted molar refractivity (Wildman–Crippen MR) is 131 cm³/mol. The first-order valence-corrected chi connectivity index (χ1v) is 12.0. The Morgan fingerprint density at radius 2 is 1.94 bits per heavy atom. The molecule has 6 nitrogen and oxygen atoms in total. The van der Waals surface area contributed by atoms with E-state index < -0.39 is 11.6 Å². The Morgan fingerprint density at radius 1 is 1.11 bits per heavy atom. The second-order valence-corrected chi connectivity index (χ2v) is 9.81. The van der Waals surface area contributed by atoms with E-state index in [4.69, 9.17) is 4.74 Å². The molecule has 0 amide bonds. The van der Waals surface area contributed by atoms with Crippen molar-refractivity contribution in [2.45, 2.75) is 26.2 Å². The zero-order valence-electron chi connectivity index (χ0n) is 19.0. The Hall–Kier alpha value is -3.56. The van der Waals surface area contributed by atoms with E-state index in [1.807, 2.05) is 18.3 Å². The van der Waals surface area contributed by atoms with Crippen LogP contribution >= 0.6 is 11.3 Å². The molecule has 0 radical (unpaired) electrons. The quantitative estimate of drug-likeness (QED) is 0.336. The Kier molecular flexibility index (Phi) is 5.19. The minimum atomic E-state index is -0.759. The number of aryl methyl sites for hydroxylation is 2. The number of nitrogens with zero attached hydrogens (tertiary/aromatic N) is 4. The molecular weight excluding hydrogens is 470 g/mol. The number of hydrogen-bond acceptors (Lipinski definition) is 6. The Bertz CT molecular complexity index is 1690. The summed E-state index contributed by atoms with van der Waals surface area (Å²) in [4.78, 5) is 27.9. The first-order chi connectivity index (χ1) is 16.9. The number of benzene rings is 1. The molecule has 1 aromatic carbocycles. The maximum absolute atomic E-state index is 14.8. The van der Waals surface area contributed by atoms with Gasteiger partial charge in [0.25, 0.3) is 0 Å². The molecule has 9 heteroatoms. The first-order valence-electron chi connectivity index (χ1n) is 11.2. The van der Waals surface area contributed by atoms with Gasteiger partial charge in [0, 0.05) is 41.6 Å². The molecule has 1 aliphatic heterocycles. The standard InChI is InChI=1S/C26H20F2N4O2S/c1-13-14(2)31-26-24(30-13)25(33)18(11-32(26)21-4-3-17(27)9-19(21)28)22-8-16-7-20(15-5-6-34-12-15)29-10-23(16)35-22/h3-4,7-11,15H,5-6,12H2,1-2H3/t15-/m0/s1. The van der Waals surface area contributed by atoms with Gasteiger partial charge in [-0.15, -0.1) is 11.3 Å². The fourth-order valence-electron chi connectivity index (χ4n) is 4.41. The van der Waals surface area contributed by atoms with E-state index in [0.29, 0.717) is 28.4 Å². The van der Waals surface area contributed by atoms with E-state index >= 15 is 0 Å². The number of hydrogen-bond donors (Lipinski definition) is 0. The van der Waals surface area contributed by atoms with Gasteiger partial charge in [0.1, 0.15) is 11.6 Å². The lowest BCUT2D eigenvalue weighted by molar-refractivity contribution is 0.193. The van der Waals surface area contributed by atoms with Gasteiger partial charge in [0.05, 0.1) is 33.9 Å². The molecule has 1 atom stereocenters. The van der Waals surface area contributed by atoms with Crippen molar-refractivity contribution >= 4 is 32.6 Å². The average molecular weight is 491 g/mol. The van der Waals surface area contributed by atoms with Crippen molar-refractivity contribution in [2.75, 3.05) is 13.2 Å². The van der Waals surface area contributed by atoms with Crippen LogP contribution in [-0.4, -0.2) is 32.7 Å². The lowest BCUT2D eigenvalue weighted by atomic mass is 10.0. The van der Waals surface area contributed by atoms with Gasteiger partial charge < -0.3 is 4.74 Å². The van der Waals surface area contributed by atoms with Crippen molar-refractivity contribution in [1.29, 1.82) is 0 Å². The normalized spacial score (nSPS) is 15.9. The van der Waals surface area contributed by atoms with Gasteiger partial charge in [-0.25, -0.2) is 18.7 Å². The summed E-state index contributed by atoms with van der Waals surface area (Å²) in [7, 11) is 0. The summed E-state index contributed by atoms with van der Waals surface area (Å²) < 4.78 is 36.4. The second-order valence-electron chi connectivity index (χ2n) is 8.72. The monoisotopic (exact) mass is 490 g/mol. The van der Waals surface area contributed by atoms with Crippen LogP contribution in [0.2, 0.25) is 0 Å². The molecule has 0 saturated carbocycles. The van der Waals surface area contributed by atoms with Crippen LogP contribution in [-0.2, 0) is 4.74 Å². The van der Waals surface area contributed by atoms with E-state index in [9.17, 15) is 13.6 Å². The van der Waals surface area contributed by atoms with Crippen molar-refractivity contribution in [3.05, 3.63) is 81.7 Å². The van der Waals surface area contributed by atoms with Crippen LogP contribution in [0.15, 0.2) is 47.5 Å². The largest absolute Gasteiger partial charge is 0.381 e. The van der Waals surface area contributed by atoms with Gasteiger partial charge in [0.2, 0.25) is 5.43 Å². The molecule has 176 valence electrons. The summed E-state index contributed by atoms with van der Waals surface area (Å²) in [6.07, 6.45) is 4.32. The molecule has 5 aromatic rings. The zero-order chi connectivity index (χ0) is 24.3. The second kappa shape index (κ2) is 8.28. The Morgan fingerprint density at radius 3 is 2.71 bits per heavy atom. The van der Waals surface area contributed by atoms with E-state index in [-0.39, 0.29) is 28.2 Å². The molecule has 1 saturated heterocycles. The summed E-state index contributed by atoms with van der Waals surface area (Å²) in [6.45, 7) is 4.94. The fraction of sp³-hybridized carbons (Fsp3) is 0.231. The molecule has 1 fully saturated rings. The number of fused-ring (bicyclic) bond motifs is 2. The number of rotatable bonds is 3. The summed E-state index contributed by atoms with van der Waals surface area (Å²) in [5, 5.41) is 0.979. The van der Waals surface area contributed by atoms with Crippen LogP contribution in [0.25, 0.3) is 37.4 Å². The average Bonchev–Trinajstić information content (AvgIpc) is 3.51. The third-order valence-electron chi connectivity index (χ3n) is 6.44. The predicted octanol–water partition coefficient (Wildman–Crippen LogP) is 5.46. The number of thiophene rings is 1. The van der Waals surface area contributed by atoms with Crippen molar-refractivity contribution < 1.29 is 13.5 Å². The van der Waals surface area contributed by atoms with E-state index in [0.717, 1.165) is 34.9 Å². The molecule has 6 rings (SSSR count). The van der Waals surface area contributed by atoms with Gasteiger partial charge in [-0.3, -0.25) is 14.3 Å². The van der Waals surface area contributed by atoms with E-state index in [1.165, 1.54) is 28.0 Å². The summed E-state index contributed by atoms with van der Waals surface area (Å²) in [5.74, 6) is -1.18. The highest BCUT2D eigenvalue weighted by Gasteiger charge is 2.22. The smallest absolute Gasteiger partial charge is 0.218 e. The molecule has 0 bridgehead atoms. The molecule has 0 unspecified atom stereocenters. The maximum Gasteiger partial charge on any atom is 0.218 e. The number of ether oxygens (including phenoxy) is 1. The van der Waals surface area contributed by atoms with Crippen molar-refractivity contribution in [3.8, 4) is 16.1 Å². The van der Waals surface area contributed by atoms with Gasteiger partial charge in [-0.2, -0.15) is 0 Å². The third kappa shape index (κ3) is 3.71. The SMILES string of the molecule is Cc1nc2c(=O)c(-c3cc4cc([C@H]5CCOC5)ncc4s3)cn(-c3ccc(F)cc3F)c2nc1C. The lowest BCUT2D eigenvalue weighted by Gasteiger charge is -2.14. The maximum atomic E-state index is 14.8. The van der Waals surface area contributed by atoms with Crippen LogP contribution in [0, 0.1) is 25.5 Å². The Labute approximate surface area is 202 Å². The first kappa shape index (κ1) is 21.9. The van der Waals surface area contributed by atoms with Crippen molar-refractivity contribution in [3.63, 3.8) is 0 Å². The highest BCUT2D eigenvalue weighted by molar-refractivity contribution is 7.22. The Balaban J connectivity index is 1.59. The van der Waals surface area contributed by atoms with Crippen LogP contribution in [0.4, 0.5) is 8.78 Å². The number of pyridine rings is 2. The minimum absolute atomic E-state index is 0.0847. The fourth-order valence-corrected chi connectivity index (χ4v) is 5.43. The zero-order valence-corrected chi connectivity index (χ0v) is 19.8. The topological polar surface area (TPSA) is 69.9 Å². The van der Waals surface area contributed by atoms with Gasteiger partial charge in [-0.05, 0) is 49.9 Å². The van der Waals surface area contributed by atoms with Crippen LogP contribution < -0.4 is 5.43 Å². The van der Waals surface area contributed by atoms with Crippen LogP contribution in [0.5, 0.6) is 0 Å². The van der Waals surface area contributed by atoms with E-state index in [1.54, 1.807) is 20.0 Å². The van der Waals surface area contributed by atoms with Crippen LogP contribution in [0.1, 0.15) is 29.4 Å². The molecule has 5 heterocycles. The third-order valence-corrected chi connectivity index (χ3v) is 7.56. The highest BCUT2D eigenvalue weighted by Crippen LogP contribution is 2.35. The van der Waals surface area contributed by atoms with Crippen molar-refractivity contribution in [1.82, 2.24) is 19.5 Å². The molecule has 1 aliphatic rings. The van der Waals surface area contributed by atoms with Crippen LogP contribution in [0.3, 0.4) is 0 Å². The van der Waals surface area contributed by atoms with Gasteiger partial charge in [0.15, 0.2) is 11.2 Å². The lowest BCUT2D eigenvalue weighted by Crippen LogP contribution is -2.15. The molecule has 35 heavy (non-hydrogen) atoms. The summed E-state index contributed by atoms with van der Waals surface area (Å²) in [6, 6.07) is 7.31. The van der Waals surface area contributed by atoms with Gasteiger partial charge >= 0.3 is 0 Å². The highest BCUT2D eigenvalue weighted by atomic mass is 32.1. The van der Waals surface area contributed by atoms with E-state index in [2.05, 4.69) is 15.0 Å². The molecule has 0 N–H and O–H groups in total. The molecular formula is C26H20F2N4O2S. The summed E-state index contributed by atoms with van der Waals surface area (Å²) in [5.41, 5.74) is 2.72. The molecule has 0 aliphatic carbocycles.